The highest BCUT2D eigenvalue weighted by Gasteiger charge is 2.19. The maximum Gasteiger partial charge on any atom is 0.335 e. The Balaban J connectivity index is 2.69. The van der Waals surface area contributed by atoms with Crippen molar-refractivity contribution in [2.45, 2.75) is 32.9 Å². The lowest BCUT2D eigenvalue weighted by Gasteiger charge is -2.18. The molecule has 0 amide bonds. The first-order valence-electron chi connectivity index (χ1n) is 6.57. The first-order valence-corrected chi connectivity index (χ1v) is 6.57. The van der Waals surface area contributed by atoms with Crippen LogP contribution in [0.3, 0.4) is 0 Å². The quantitative estimate of drug-likeness (QED) is 0.747. The van der Waals surface area contributed by atoms with Gasteiger partial charge >= 0.3 is 11.9 Å². The number of hydrogen-bond donors (Lipinski definition) is 2. The van der Waals surface area contributed by atoms with Crippen molar-refractivity contribution in [2.24, 2.45) is 5.92 Å². The maximum absolute atomic E-state index is 11.7. The Morgan fingerprint density at radius 3 is 2.60 bits per heavy atom. The van der Waals surface area contributed by atoms with E-state index in [2.05, 4.69) is 5.32 Å². The number of carbonyl (C=O) groups is 2. The average Bonchev–Trinajstić information content (AvgIpc) is 2.42. The third kappa shape index (κ3) is 5.01. The van der Waals surface area contributed by atoms with E-state index in [1.165, 1.54) is 13.2 Å². The number of methoxy groups -OCH3 is 1. The minimum Gasteiger partial charge on any atom is -0.478 e. The molecule has 1 rings (SSSR count). The van der Waals surface area contributed by atoms with Crippen molar-refractivity contribution in [1.29, 1.82) is 0 Å². The predicted molar refractivity (Wildman–Crippen MR) is 75.5 cm³/mol. The van der Waals surface area contributed by atoms with Gasteiger partial charge in [-0.3, -0.25) is 4.79 Å². The van der Waals surface area contributed by atoms with Gasteiger partial charge in [-0.1, -0.05) is 26.0 Å². The van der Waals surface area contributed by atoms with Crippen molar-refractivity contribution in [3.05, 3.63) is 35.4 Å². The number of aromatic carboxylic acids is 1. The summed E-state index contributed by atoms with van der Waals surface area (Å²) < 4.78 is 4.77. The minimum atomic E-state index is -0.960. The fourth-order valence-corrected chi connectivity index (χ4v) is 1.93. The molecule has 0 spiro atoms. The van der Waals surface area contributed by atoms with Gasteiger partial charge in [-0.05, 0) is 30.0 Å². The van der Waals surface area contributed by atoms with Crippen molar-refractivity contribution in [2.75, 3.05) is 7.11 Å². The first kappa shape index (κ1) is 16.2. The number of ether oxygens (including phenoxy) is 1. The van der Waals surface area contributed by atoms with E-state index in [0.717, 1.165) is 5.56 Å². The summed E-state index contributed by atoms with van der Waals surface area (Å²) in [4.78, 5) is 22.6. The van der Waals surface area contributed by atoms with Gasteiger partial charge in [0.05, 0.1) is 12.7 Å². The van der Waals surface area contributed by atoms with E-state index in [4.69, 9.17) is 9.84 Å². The van der Waals surface area contributed by atoms with E-state index in [9.17, 15) is 9.59 Å². The van der Waals surface area contributed by atoms with Crippen LogP contribution in [-0.2, 0) is 16.1 Å². The summed E-state index contributed by atoms with van der Waals surface area (Å²) in [5, 5.41) is 12.1. The topological polar surface area (TPSA) is 75.6 Å². The Morgan fingerprint density at radius 1 is 1.35 bits per heavy atom. The van der Waals surface area contributed by atoms with E-state index in [0.29, 0.717) is 18.9 Å². The summed E-state index contributed by atoms with van der Waals surface area (Å²) in [7, 11) is 1.36. The Morgan fingerprint density at radius 2 is 2.05 bits per heavy atom. The van der Waals surface area contributed by atoms with Gasteiger partial charge in [-0.15, -0.1) is 0 Å². The summed E-state index contributed by atoms with van der Waals surface area (Å²) in [6.07, 6.45) is 0.672. The molecular formula is C15H21NO4. The smallest absolute Gasteiger partial charge is 0.335 e. The van der Waals surface area contributed by atoms with Gasteiger partial charge in [-0.2, -0.15) is 0 Å². The molecule has 1 unspecified atom stereocenters. The largest absolute Gasteiger partial charge is 0.478 e. The molecule has 0 heterocycles. The molecule has 0 aliphatic carbocycles. The lowest BCUT2D eigenvalue weighted by atomic mass is 10.0. The van der Waals surface area contributed by atoms with Crippen LogP contribution in [0.25, 0.3) is 0 Å². The van der Waals surface area contributed by atoms with Crippen LogP contribution in [-0.4, -0.2) is 30.2 Å². The molecule has 5 heteroatoms. The monoisotopic (exact) mass is 279 g/mol. The zero-order valence-electron chi connectivity index (χ0n) is 12.1. The number of carbonyl (C=O) groups excluding carboxylic acids is 1. The highest BCUT2D eigenvalue weighted by Crippen LogP contribution is 2.09. The molecule has 0 saturated heterocycles. The molecule has 110 valence electrons. The molecule has 0 aliphatic heterocycles. The number of rotatable bonds is 7. The van der Waals surface area contributed by atoms with Crippen molar-refractivity contribution in [3.63, 3.8) is 0 Å². The molecule has 1 aromatic carbocycles. The predicted octanol–water partition coefficient (Wildman–Crippen LogP) is 2.06. The van der Waals surface area contributed by atoms with Crippen LogP contribution in [0.2, 0.25) is 0 Å². The van der Waals surface area contributed by atoms with E-state index in [-0.39, 0.29) is 17.6 Å². The van der Waals surface area contributed by atoms with Gasteiger partial charge in [0.2, 0.25) is 0 Å². The average molecular weight is 279 g/mol. The molecule has 1 aromatic rings. The van der Waals surface area contributed by atoms with Crippen LogP contribution < -0.4 is 5.32 Å². The molecule has 0 radical (unpaired) electrons. The van der Waals surface area contributed by atoms with Crippen molar-refractivity contribution in [1.82, 2.24) is 5.32 Å². The number of hydrogen-bond acceptors (Lipinski definition) is 4. The second kappa shape index (κ2) is 7.65. The van der Waals surface area contributed by atoms with Gasteiger partial charge in [0, 0.05) is 6.54 Å². The molecule has 0 fully saturated rings. The molecule has 0 aromatic heterocycles. The molecule has 0 aliphatic rings. The SMILES string of the molecule is COC(=O)C(CC(C)C)NCc1cccc(C(=O)O)c1. The van der Waals surface area contributed by atoms with Crippen LogP contribution in [0.5, 0.6) is 0 Å². The molecule has 5 nitrogen and oxygen atoms in total. The Labute approximate surface area is 118 Å². The van der Waals surface area contributed by atoms with Crippen LogP contribution in [0, 0.1) is 5.92 Å². The van der Waals surface area contributed by atoms with E-state index in [1.807, 2.05) is 19.9 Å². The molecule has 0 saturated carbocycles. The van der Waals surface area contributed by atoms with Crippen LogP contribution >= 0.6 is 0 Å². The Hall–Kier alpha value is -1.88. The van der Waals surface area contributed by atoms with Crippen LogP contribution in [0.1, 0.15) is 36.2 Å². The van der Waals surface area contributed by atoms with Gasteiger partial charge in [0.25, 0.3) is 0 Å². The van der Waals surface area contributed by atoms with Crippen LogP contribution in [0.15, 0.2) is 24.3 Å². The summed E-state index contributed by atoms with van der Waals surface area (Å²) in [6, 6.07) is 6.27. The van der Waals surface area contributed by atoms with Crippen molar-refractivity contribution >= 4 is 11.9 Å². The Kier molecular flexibility index (Phi) is 6.18. The summed E-state index contributed by atoms with van der Waals surface area (Å²) in [6.45, 7) is 4.49. The van der Waals surface area contributed by atoms with Gasteiger partial charge in [0.15, 0.2) is 0 Å². The van der Waals surface area contributed by atoms with Crippen molar-refractivity contribution in [3.8, 4) is 0 Å². The lowest BCUT2D eigenvalue weighted by molar-refractivity contribution is -0.143. The number of esters is 1. The maximum atomic E-state index is 11.7. The van der Waals surface area contributed by atoms with E-state index in [1.54, 1.807) is 12.1 Å². The zero-order valence-corrected chi connectivity index (χ0v) is 12.1. The molecule has 1 atom stereocenters. The molecule has 0 bridgehead atoms. The standard InChI is InChI=1S/C15H21NO4/c1-10(2)7-13(15(19)20-3)16-9-11-5-4-6-12(8-11)14(17)18/h4-6,8,10,13,16H,7,9H2,1-3H3,(H,17,18). The summed E-state index contributed by atoms with van der Waals surface area (Å²) in [5.74, 6) is -0.899. The number of carboxylic acid groups (broad SMARTS) is 1. The van der Waals surface area contributed by atoms with Gasteiger partial charge in [0.1, 0.15) is 6.04 Å². The number of nitrogens with one attached hydrogen (secondary N) is 1. The van der Waals surface area contributed by atoms with E-state index < -0.39 is 5.97 Å². The minimum absolute atomic E-state index is 0.239. The summed E-state index contributed by atoms with van der Waals surface area (Å²) in [5.41, 5.74) is 1.06. The second-order valence-electron chi connectivity index (χ2n) is 5.09. The van der Waals surface area contributed by atoms with Gasteiger partial charge in [-0.25, -0.2) is 4.79 Å². The highest BCUT2D eigenvalue weighted by atomic mass is 16.5. The molecular weight excluding hydrogens is 258 g/mol. The lowest BCUT2D eigenvalue weighted by Crippen LogP contribution is -2.38. The third-order valence-electron chi connectivity index (χ3n) is 2.92. The molecule has 2 N–H and O–H groups in total. The third-order valence-corrected chi connectivity index (χ3v) is 2.92. The van der Waals surface area contributed by atoms with E-state index >= 15 is 0 Å². The zero-order chi connectivity index (χ0) is 15.1. The Bertz CT molecular complexity index is 471. The summed E-state index contributed by atoms with van der Waals surface area (Å²) >= 11 is 0. The fraction of sp³-hybridized carbons (Fsp3) is 0.467. The second-order valence-corrected chi connectivity index (χ2v) is 5.09. The fourth-order valence-electron chi connectivity index (χ4n) is 1.93. The van der Waals surface area contributed by atoms with Gasteiger partial charge < -0.3 is 15.2 Å². The molecule has 20 heavy (non-hydrogen) atoms. The normalized spacial score (nSPS) is 12.2. The first-order chi connectivity index (χ1) is 9.43. The number of benzene rings is 1. The van der Waals surface area contributed by atoms with Crippen molar-refractivity contribution < 1.29 is 19.4 Å². The number of carboxylic acids is 1. The highest BCUT2D eigenvalue weighted by molar-refractivity contribution is 5.87. The van der Waals surface area contributed by atoms with Crippen LogP contribution in [0.4, 0.5) is 0 Å².